The second kappa shape index (κ2) is 3.74. The van der Waals surface area contributed by atoms with Gasteiger partial charge in [-0.05, 0) is 38.8 Å². The Morgan fingerprint density at radius 3 is 2.69 bits per heavy atom. The Bertz CT molecular complexity index is 417. The molecule has 0 amide bonds. The van der Waals surface area contributed by atoms with Gasteiger partial charge in [-0.25, -0.2) is 0 Å². The molecule has 1 nitrogen and oxygen atoms in total. The van der Waals surface area contributed by atoms with Gasteiger partial charge in [0.05, 0.1) is 4.88 Å². The molecule has 0 radical (unpaired) electrons. The lowest BCUT2D eigenvalue weighted by atomic mass is 10.2. The zero-order chi connectivity index (χ0) is 9.26. The fourth-order valence-corrected chi connectivity index (χ4v) is 3.13. The number of hydrogen-bond acceptors (Lipinski definition) is 3. The summed E-state index contributed by atoms with van der Waals surface area (Å²) in [6.45, 7) is 0. The second-order valence-corrected chi connectivity index (χ2v) is 4.99. The van der Waals surface area contributed by atoms with Crippen LogP contribution >= 0.6 is 38.6 Å². The Morgan fingerprint density at radius 1 is 1.31 bits per heavy atom. The van der Waals surface area contributed by atoms with E-state index >= 15 is 0 Å². The van der Waals surface area contributed by atoms with Gasteiger partial charge >= 0.3 is 0 Å². The lowest BCUT2D eigenvalue weighted by molar-refractivity contribution is 0.104. The van der Waals surface area contributed by atoms with E-state index < -0.39 is 0 Å². The molecule has 0 fully saturated rings. The van der Waals surface area contributed by atoms with Crippen LogP contribution in [0.2, 0.25) is 0 Å². The van der Waals surface area contributed by atoms with Crippen LogP contribution in [0.3, 0.4) is 0 Å². The summed E-state index contributed by atoms with van der Waals surface area (Å²) < 4.78 is 0.883. The van der Waals surface area contributed by atoms with Gasteiger partial charge in [-0.1, -0.05) is 0 Å². The molecule has 0 unspecified atom stereocenters. The third-order valence-corrected chi connectivity index (χ3v) is 4.13. The van der Waals surface area contributed by atoms with E-state index in [0.717, 1.165) is 14.9 Å². The molecule has 0 aliphatic rings. The molecule has 2 heterocycles. The van der Waals surface area contributed by atoms with Gasteiger partial charge in [0.2, 0.25) is 5.78 Å². The summed E-state index contributed by atoms with van der Waals surface area (Å²) in [5.41, 5.74) is 0.771. The summed E-state index contributed by atoms with van der Waals surface area (Å²) >= 11 is 6.35. The molecule has 2 aromatic rings. The molecule has 66 valence electrons. The van der Waals surface area contributed by atoms with Crippen molar-refractivity contribution in [3.8, 4) is 0 Å². The molecule has 0 N–H and O–H groups in total. The monoisotopic (exact) mass is 272 g/mol. The Morgan fingerprint density at radius 2 is 2.15 bits per heavy atom. The Kier molecular flexibility index (Phi) is 2.62. The lowest BCUT2D eigenvalue weighted by Crippen LogP contribution is -1.96. The van der Waals surface area contributed by atoms with Gasteiger partial charge in [0, 0.05) is 15.4 Å². The predicted molar refractivity (Wildman–Crippen MR) is 59.8 cm³/mol. The van der Waals surface area contributed by atoms with E-state index in [2.05, 4.69) is 15.9 Å². The number of ketones is 1. The van der Waals surface area contributed by atoms with Crippen LogP contribution in [-0.2, 0) is 0 Å². The van der Waals surface area contributed by atoms with Crippen molar-refractivity contribution in [3.63, 3.8) is 0 Å². The number of thiophene rings is 2. The predicted octanol–water partition coefficient (Wildman–Crippen LogP) is 3.80. The van der Waals surface area contributed by atoms with Gasteiger partial charge in [-0.15, -0.1) is 11.3 Å². The average Bonchev–Trinajstić information content (AvgIpc) is 2.72. The largest absolute Gasteiger partial charge is 0.288 e. The number of halogens is 1. The molecular weight excluding hydrogens is 268 g/mol. The summed E-state index contributed by atoms with van der Waals surface area (Å²) in [7, 11) is 0. The van der Waals surface area contributed by atoms with Crippen LogP contribution in [0.1, 0.15) is 15.2 Å². The van der Waals surface area contributed by atoms with Crippen molar-refractivity contribution in [1.29, 1.82) is 0 Å². The van der Waals surface area contributed by atoms with E-state index in [1.165, 1.54) is 22.7 Å². The highest BCUT2D eigenvalue weighted by atomic mass is 79.9. The first-order valence-electron chi connectivity index (χ1n) is 3.59. The zero-order valence-electron chi connectivity index (χ0n) is 6.49. The topological polar surface area (TPSA) is 17.1 Å². The zero-order valence-corrected chi connectivity index (χ0v) is 9.71. The van der Waals surface area contributed by atoms with Crippen LogP contribution in [0.25, 0.3) is 0 Å². The summed E-state index contributed by atoms with van der Waals surface area (Å²) in [5, 5.41) is 5.69. The van der Waals surface area contributed by atoms with E-state index in [-0.39, 0.29) is 5.78 Å². The minimum Gasteiger partial charge on any atom is -0.288 e. The van der Waals surface area contributed by atoms with Crippen LogP contribution in [0.5, 0.6) is 0 Å². The van der Waals surface area contributed by atoms with Crippen LogP contribution in [0.4, 0.5) is 0 Å². The average molecular weight is 273 g/mol. The van der Waals surface area contributed by atoms with E-state index in [1.807, 2.05) is 28.3 Å². The molecule has 0 atom stereocenters. The SMILES string of the molecule is O=C(c1ccsc1)c1sccc1Br. The minimum atomic E-state index is 0.100. The van der Waals surface area contributed by atoms with Crippen molar-refractivity contribution in [2.75, 3.05) is 0 Å². The quantitative estimate of drug-likeness (QED) is 0.760. The molecule has 0 aromatic carbocycles. The van der Waals surface area contributed by atoms with Crippen molar-refractivity contribution in [2.24, 2.45) is 0 Å². The van der Waals surface area contributed by atoms with Crippen LogP contribution in [-0.4, -0.2) is 5.78 Å². The molecule has 2 rings (SSSR count). The molecule has 13 heavy (non-hydrogen) atoms. The maximum atomic E-state index is 11.8. The molecule has 0 aliphatic heterocycles. The highest BCUT2D eigenvalue weighted by molar-refractivity contribution is 9.10. The lowest BCUT2D eigenvalue weighted by Gasteiger charge is -1.93. The highest BCUT2D eigenvalue weighted by Gasteiger charge is 2.13. The molecule has 0 saturated heterocycles. The Labute approximate surface area is 92.2 Å². The molecule has 2 aromatic heterocycles. The molecular formula is C9H5BrOS2. The number of hydrogen-bond donors (Lipinski definition) is 0. The van der Waals surface area contributed by atoms with Crippen molar-refractivity contribution in [2.45, 2.75) is 0 Å². The first-order chi connectivity index (χ1) is 6.29. The van der Waals surface area contributed by atoms with Gasteiger partial charge in [0.15, 0.2) is 0 Å². The fraction of sp³-hybridized carbons (Fsp3) is 0. The number of carbonyl (C=O) groups is 1. The summed E-state index contributed by atoms with van der Waals surface area (Å²) in [5.74, 6) is 0.100. The van der Waals surface area contributed by atoms with E-state index in [4.69, 9.17) is 0 Å². The van der Waals surface area contributed by atoms with Crippen molar-refractivity contribution in [3.05, 3.63) is 43.2 Å². The third-order valence-electron chi connectivity index (χ3n) is 1.61. The second-order valence-electron chi connectivity index (χ2n) is 2.44. The van der Waals surface area contributed by atoms with E-state index in [1.54, 1.807) is 0 Å². The van der Waals surface area contributed by atoms with Crippen LogP contribution < -0.4 is 0 Å². The molecule has 0 spiro atoms. The number of carbonyl (C=O) groups excluding carboxylic acids is 1. The standard InChI is InChI=1S/C9H5BrOS2/c10-7-2-4-13-9(7)8(11)6-1-3-12-5-6/h1-5H. The van der Waals surface area contributed by atoms with Crippen molar-refractivity contribution < 1.29 is 4.79 Å². The van der Waals surface area contributed by atoms with E-state index in [9.17, 15) is 4.79 Å². The molecule has 0 bridgehead atoms. The summed E-state index contributed by atoms with van der Waals surface area (Å²) in [6, 6.07) is 3.74. The summed E-state index contributed by atoms with van der Waals surface area (Å²) in [6.07, 6.45) is 0. The van der Waals surface area contributed by atoms with Crippen LogP contribution in [0, 0.1) is 0 Å². The Hall–Kier alpha value is -0.450. The molecule has 0 aliphatic carbocycles. The van der Waals surface area contributed by atoms with Gasteiger partial charge in [0.25, 0.3) is 0 Å². The third kappa shape index (κ3) is 1.75. The van der Waals surface area contributed by atoms with Crippen LogP contribution in [0.15, 0.2) is 32.7 Å². The summed E-state index contributed by atoms with van der Waals surface area (Å²) in [4.78, 5) is 12.6. The Balaban J connectivity index is 2.39. The maximum absolute atomic E-state index is 11.8. The minimum absolute atomic E-state index is 0.100. The molecule has 4 heteroatoms. The van der Waals surface area contributed by atoms with Gasteiger partial charge in [-0.2, -0.15) is 11.3 Å². The highest BCUT2D eigenvalue weighted by Crippen LogP contribution is 2.25. The van der Waals surface area contributed by atoms with Gasteiger partial charge in [0.1, 0.15) is 0 Å². The molecule has 0 saturated carbocycles. The fourth-order valence-electron chi connectivity index (χ4n) is 0.981. The smallest absolute Gasteiger partial charge is 0.204 e. The normalized spacial score (nSPS) is 10.2. The van der Waals surface area contributed by atoms with Gasteiger partial charge in [-0.3, -0.25) is 4.79 Å². The van der Waals surface area contributed by atoms with Gasteiger partial charge < -0.3 is 0 Å². The van der Waals surface area contributed by atoms with E-state index in [0.29, 0.717) is 0 Å². The maximum Gasteiger partial charge on any atom is 0.204 e. The van der Waals surface area contributed by atoms with Crippen molar-refractivity contribution in [1.82, 2.24) is 0 Å². The number of rotatable bonds is 2. The van der Waals surface area contributed by atoms with Crippen molar-refractivity contribution >= 4 is 44.4 Å². The first-order valence-corrected chi connectivity index (χ1v) is 6.20. The first kappa shape index (κ1) is 9.12.